The minimum Gasteiger partial charge on any atom is -0.478 e. The van der Waals surface area contributed by atoms with Crippen molar-refractivity contribution in [1.29, 1.82) is 0 Å². The molecule has 0 aliphatic carbocycles. The molecule has 0 saturated carbocycles. The van der Waals surface area contributed by atoms with Gasteiger partial charge in [0.05, 0.1) is 24.2 Å². The Labute approximate surface area is 122 Å². The van der Waals surface area contributed by atoms with E-state index in [1.165, 1.54) is 12.1 Å². The van der Waals surface area contributed by atoms with Gasteiger partial charge in [0.25, 0.3) is 0 Å². The number of aromatic nitrogens is 2. The van der Waals surface area contributed by atoms with E-state index in [0.29, 0.717) is 0 Å². The van der Waals surface area contributed by atoms with Crippen LogP contribution in [0.1, 0.15) is 34.5 Å². The number of carboxylic acid groups (broad SMARTS) is 1. The average Bonchev–Trinajstić information content (AvgIpc) is 2.86. The Balaban J connectivity index is 1.93. The van der Waals surface area contributed by atoms with E-state index in [-0.39, 0.29) is 23.9 Å². The largest absolute Gasteiger partial charge is 0.478 e. The van der Waals surface area contributed by atoms with Gasteiger partial charge in [-0.05, 0) is 24.6 Å². The standard InChI is InChI=1S/C15H17N3O3/c1-10(13-8-16-18(2)9-13)17-14(19)7-11-3-5-12(6-4-11)15(20)21/h3-6,8-10H,7H2,1-2H3,(H,17,19)(H,20,21). The molecule has 0 spiro atoms. The highest BCUT2D eigenvalue weighted by atomic mass is 16.4. The van der Waals surface area contributed by atoms with Gasteiger partial charge in [-0.3, -0.25) is 9.48 Å². The number of hydrogen-bond donors (Lipinski definition) is 2. The van der Waals surface area contributed by atoms with E-state index in [4.69, 9.17) is 5.11 Å². The SMILES string of the molecule is CC(NC(=O)Cc1ccc(C(=O)O)cc1)c1cnn(C)c1. The van der Waals surface area contributed by atoms with Crippen molar-refractivity contribution in [3.8, 4) is 0 Å². The van der Waals surface area contributed by atoms with Gasteiger partial charge in [-0.1, -0.05) is 12.1 Å². The van der Waals surface area contributed by atoms with Crippen molar-refractivity contribution in [2.24, 2.45) is 7.05 Å². The molecule has 2 rings (SSSR count). The molecule has 0 saturated heterocycles. The van der Waals surface area contributed by atoms with Crippen LogP contribution in [0.4, 0.5) is 0 Å². The highest BCUT2D eigenvalue weighted by molar-refractivity contribution is 5.87. The summed E-state index contributed by atoms with van der Waals surface area (Å²) in [6, 6.07) is 6.17. The highest BCUT2D eigenvalue weighted by Gasteiger charge is 2.12. The number of aromatic carboxylic acids is 1. The fourth-order valence-corrected chi connectivity index (χ4v) is 1.99. The molecule has 0 fully saturated rings. The number of amides is 1. The summed E-state index contributed by atoms with van der Waals surface area (Å²) in [6.07, 6.45) is 3.78. The summed E-state index contributed by atoms with van der Waals surface area (Å²) in [5, 5.41) is 15.8. The normalized spacial score (nSPS) is 11.9. The fraction of sp³-hybridized carbons (Fsp3) is 0.267. The quantitative estimate of drug-likeness (QED) is 0.873. The van der Waals surface area contributed by atoms with Crippen molar-refractivity contribution in [1.82, 2.24) is 15.1 Å². The van der Waals surface area contributed by atoms with Crippen LogP contribution in [0.15, 0.2) is 36.7 Å². The molecule has 0 bridgehead atoms. The lowest BCUT2D eigenvalue weighted by Gasteiger charge is -2.12. The maximum Gasteiger partial charge on any atom is 0.335 e. The van der Waals surface area contributed by atoms with Crippen LogP contribution in [0.25, 0.3) is 0 Å². The Hall–Kier alpha value is -2.63. The molecule has 6 nitrogen and oxygen atoms in total. The molecule has 1 unspecified atom stereocenters. The van der Waals surface area contributed by atoms with Gasteiger partial charge in [0.15, 0.2) is 0 Å². The minimum absolute atomic E-state index is 0.116. The van der Waals surface area contributed by atoms with Crippen LogP contribution < -0.4 is 5.32 Å². The first-order chi connectivity index (χ1) is 9.95. The van der Waals surface area contributed by atoms with E-state index in [1.807, 2.05) is 20.2 Å². The zero-order valence-electron chi connectivity index (χ0n) is 11.9. The second kappa shape index (κ2) is 6.21. The Morgan fingerprint density at radius 2 is 2.00 bits per heavy atom. The summed E-state index contributed by atoms with van der Waals surface area (Å²) in [7, 11) is 1.82. The van der Waals surface area contributed by atoms with E-state index in [0.717, 1.165) is 11.1 Å². The van der Waals surface area contributed by atoms with Gasteiger partial charge >= 0.3 is 5.97 Å². The molecule has 110 valence electrons. The molecule has 0 aliphatic rings. The summed E-state index contributed by atoms with van der Waals surface area (Å²) in [4.78, 5) is 22.7. The van der Waals surface area contributed by atoms with Crippen molar-refractivity contribution in [3.05, 3.63) is 53.3 Å². The second-order valence-electron chi connectivity index (χ2n) is 4.92. The molecule has 1 atom stereocenters. The van der Waals surface area contributed by atoms with Crippen LogP contribution in [0.3, 0.4) is 0 Å². The predicted molar refractivity (Wildman–Crippen MR) is 76.9 cm³/mol. The zero-order valence-corrected chi connectivity index (χ0v) is 11.9. The monoisotopic (exact) mass is 287 g/mol. The third kappa shape index (κ3) is 3.92. The molecule has 2 N–H and O–H groups in total. The third-order valence-corrected chi connectivity index (χ3v) is 3.17. The summed E-state index contributed by atoms with van der Waals surface area (Å²) in [5.41, 5.74) is 1.92. The molecular weight excluding hydrogens is 270 g/mol. The highest BCUT2D eigenvalue weighted by Crippen LogP contribution is 2.11. The van der Waals surface area contributed by atoms with E-state index < -0.39 is 5.97 Å². The van der Waals surface area contributed by atoms with Crippen LogP contribution >= 0.6 is 0 Å². The molecule has 1 aromatic carbocycles. The van der Waals surface area contributed by atoms with E-state index in [2.05, 4.69) is 10.4 Å². The lowest BCUT2D eigenvalue weighted by atomic mass is 10.1. The molecule has 2 aromatic rings. The third-order valence-electron chi connectivity index (χ3n) is 3.17. The van der Waals surface area contributed by atoms with E-state index in [1.54, 1.807) is 23.0 Å². The van der Waals surface area contributed by atoms with Gasteiger partial charge in [0.2, 0.25) is 5.91 Å². The first-order valence-corrected chi connectivity index (χ1v) is 6.56. The van der Waals surface area contributed by atoms with Crippen molar-refractivity contribution in [3.63, 3.8) is 0 Å². The number of carboxylic acids is 1. The first-order valence-electron chi connectivity index (χ1n) is 6.56. The fourth-order valence-electron chi connectivity index (χ4n) is 1.99. The molecular formula is C15H17N3O3. The molecule has 1 heterocycles. The number of benzene rings is 1. The van der Waals surface area contributed by atoms with Crippen molar-refractivity contribution in [2.75, 3.05) is 0 Å². The lowest BCUT2D eigenvalue weighted by Crippen LogP contribution is -2.27. The smallest absolute Gasteiger partial charge is 0.335 e. The Morgan fingerprint density at radius 1 is 1.33 bits per heavy atom. The maximum absolute atomic E-state index is 12.0. The van der Waals surface area contributed by atoms with Gasteiger partial charge in [0, 0.05) is 18.8 Å². The number of nitrogens with zero attached hydrogens (tertiary/aromatic N) is 2. The number of hydrogen-bond acceptors (Lipinski definition) is 3. The van der Waals surface area contributed by atoms with E-state index in [9.17, 15) is 9.59 Å². The summed E-state index contributed by atoms with van der Waals surface area (Å²) in [6.45, 7) is 1.89. The number of carbonyl (C=O) groups is 2. The maximum atomic E-state index is 12.0. The van der Waals surface area contributed by atoms with Crippen LogP contribution in [-0.2, 0) is 18.3 Å². The number of aryl methyl sites for hydroxylation is 1. The topological polar surface area (TPSA) is 84.2 Å². The minimum atomic E-state index is -0.976. The molecule has 1 amide bonds. The van der Waals surface area contributed by atoms with Crippen molar-refractivity contribution >= 4 is 11.9 Å². The van der Waals surface area contributed by atoms with Gasteiger partial charge in [-0.15, -0.1) is 0 Å². The Kier molecular flexibility index (Phi) is 4.37. The molecule has 1 aromatic heterocycles. The van der Waals surface area contributed by atoms with Crippen LogP contribution in [-0.4, -0.2) is 26.8 Å². The number of carbonyl (C=O) groups excluding carboxylic acids is 1. The molecule has 6 heteroatoms. The first kappa shape index (κ1) is 14.8. The summed E-state index contributed by atoms with van der Waals surface area (Å²) >= 11 is 0. The van der Waals surface area contributed by atoms with Crippen LogP contribution in [0.5, 0.6) is 0 Å². The van der Waals surface area contributed by atoms with E-state index >= 15 is 0 Å². The van der Waals surface area contributed by atoms with Crippen LogP contribution in [0.2, 0.25) is 0 Å². The Bertz CT molecular complexity index is 646. The Morgan fingerprint density at radius 3 is 2.52 bits per heavy atom. The second-order valence-corrected chi connectivity index (χ2v) is 4.92. The van der Waals surface area contributed by atoms with Gasteiger partial charge < -0.3 is 10.4 Å². The number of nitrogens with one attached hydrogen (secondary N) is 1. The predicted octanol–water partition coefficient (Wildman–Crippen LogP) is 1.54. The van der Waals surface area contributed by atoms with Crippen molar-refractivity contribution < 1.29 is 14.7 Å². The van der Waals surface area contributed by atoms with Gasteiger partial charge in [-0.2, -0.15) is 5.10 Å². The van der Waals surface area contributed by atoms with Gasteiger partial charge in [-0.25, -0.2) is 4.79 Å². The average molecular weight is 287 g/mol. The van der Waals surface area contributed by atoms with Crippen molar-refractivity contribution in [2.45, 2.75) is 19.4 Å². The summed E-state index contributed by atoms with van der Waals surface area (Å²) in [5.74, 6) is -1.09. The zero-order chi connectivity index (χ0) is 15.4. The molecule has 0 aliphatic heterocycles. The van der Waals surface area contributed by atoms with Gasteiger partial charge in [0.1, 0.15) is 0 Å². The summed E-state index contributed by atoms with van der Waals surface area (Å²) < 4.78 is 1.68. The van der Waals surface area contributed by atoms with Crippen LogP contribution in [0, 0.1) is 0 Å². The lowest BCUT2D eigenvalue weighted by molar-refractivity contribution is -0.121. The molecule has 0 radical (unpaired) electrons. The number of rotatable bonds is 5. The molecule has 21 heavy (non-hydrogen) atoms.